The van der Waals surface area contributed by atoms with E-state index in [4.69, 9.17) is 12.1 Å². The summed E-state index contributed by atoms with van der Waals surface area (Å²) < 4.78 is 27.1. The molecule has 0 bridgehead atoms. The standard InChI is InChI=1S/C41H31N2O.C18H24GeN.Ir/c1-41(2,3)29-25-33(27-15-6-4-7-16-27)38(34(26-29)28-17-8-5-9-18-28)43-36-23-12-11-22-35(36)42-40(43)32-21-14-20-31-30-19-10-13-24-37(30)44-39(31)32;1-14(2)11-16-12-18(15-9-7-6-8-10-15)20-13-17(16)19(3,4)5;/h4-20,22-26H,1-3H3;6-9,12-14H,11H2,1-5H3;/q2*-1;/i;11D2;. The van der Waals surface area contributed by atoms with Gasteiger partial charge in [-0.15, -0.1) is 18.2 Å². The van der Waals surface area contributed by atoms with E-state index in [1.807, 2.05) is 74.6 Å². The molecule has 3 heterocycles. The van der Waals surface area contributed by atoms with Crippen LogP contribution in [0.15, 0.2) is 174 Å². The molecule has 327 valence electrons. The van der Waals surface area contributed by atoms with E-state index < -0.39 is 19.6 Å². The summed E-state index contributed by atoms with van der Waals surface area (Å²) in [5.74, 6) is 7.57. The van der Waals surface area contributed by atoms with E-state index in [1.54, 1.807) is 0 Å². The monoisotopic (exact) mass is 1090 g/mol. The van der Waals surface area contributed by atoms with Gasteiger partial charge in [0.25, 0.3) is 0 Å². The van der Waals surface area contributed by atoms with Gasteiger partial charge in [0.1, 0.15) is 5.58 Å². The Morgan fingerprint density at radius 1 is 0.708 bits per heavy atom. The molecule has 3 aromatic heterocycles. The molecule has 0 aliphatic heterocycles. The van der Waals surface area contributed by atoms with E-state index in [0.717, 1.165) is 93.5 Å². The molecule has 10 aromatic rings. The zero-order valence-electron chi connectivity index (χ0n) is 40.3. The Labute approximate surface area is 403 Å². The van der Waals surface area contributed by atoms with Crippen LogP contribution < -0.4 is 4.40 Å². The van der Waals surface area contributed by atoms with E-state index in [-0.39, 0.29) is 31.4 Å². The molecule has 0 N–H and O–H groups in total. The fourth-order valence-corrected chi connectivity index (χ4v) is 11.4. The van der Waals surface area contributed by atoms with Gasteiger partial charge in [0.05, 0.1) is 28.1 Å². The molecular formula is C59H55GeIrN3O-2. The summed E-state index contributed by atoms with van der Waals surface area (Å²) in [6.07, 6.45) is 0.562. The Bertz CT molecular complexity index is 3270. The average molecular weight is 1090 g/mol. The number of hydrogen-bond acceptors (Lipinski definition) is 3. The molecule has 0 unspecified atom stereocenters. The van der Waals surface area contributed by atoms with Crippen molar-refractivity contribution >= 4 is 50.6 Å². The molecule has 0 atom stereocenters. The first kappa shape index (κ1) is 43.1. The summed E-state index contributed by atoms with van der Waals surface area (Å²) >= 11 is -2.20. The number of para-hydroxylation sites is 3. The maximum absolute atomic E-state index is 8.56. The number of imidazole rings is 1. The van der Waals surface area contributed by atoms with Crippen molar-refractivity contribution in [2.75, 3.05) is 0 Å². The Hall–Kier alpha value is -5.85. The second-order valence-corrected chi connectivity index (χ2v) is 29.4. The molecule has 6 heteroatoms. The second kappa shape index (κ2) is 18.9. The largest absolute Gasteiger partial charge is 0 e. The summed E-state index contributed by atoms with van der Waals surface area (Å²) in [5.41, 5.74) is 13.9. The number of hydrogen-bond donors (Lipinski definition) is 0. The number of aromatic nitrogens is 3. The number of fused-ring (bicyclic) bond motifs is 4. The molecule has 0 saturated carbocycles. The zero-order chi connectivity index (χ0) is 46.4. The third-order valence-corrected chi connectivity index (χ3v) is 15.9. The minimum atomic E-state index is -2.20. The fourth-order valence-electron chi connectivity index (χ4n) is 8.44. The summed E-state index contributed by atoms with van der Waals surface area (Å²) in [6, 6.07) is 63.1. The van der Waals surface area contributed by atoms with Crippen LogP contribution in [-0.4, -0.2) is 27.8 Å². The first-order valence-electron chi connectivity index (χ1n) is 23.2. The van der Waals surface area contributed by atoms with Crippen LogP contribution in [-0.2, 0) is 31.9 Å². The van der Waals surface area contributed by atoms with E-state index in [2.05, 4.69) is 169 Å². The number of pyridine rings is 1. The topological polar surface area (TPSA) is 43.9 Å². The van der Waals surface area contributed by atoms with Crippen LogP contribution in [0.4, 0.5) is 0 Å². The van der Waals surface area contributed by atoms with Gasteiger partial charge in [-0.3, -0.25) is 4.98 Å². The van der Waals surface area contributed by atoms with Crippen LogP contribution in [0.5, 0.6) is 0 Å². The molecular weight excluding hydrogens is 1030 g/mol. The number of benzene rings is 7. The molecule has 0 aliphatic rings. The summed E-state index contributed by atoms with van der Waals surface area (Å²) in [6.45, 7) is 10.7. The van der Waals surface area contributed by atoms with Crippen molar-refractivity contribution in [2.24, 2.45) is 5.92 Å². The maximum atomic E-state index is 8.56. The van der Waals surface area contributed by atoms with Crippen molar-refractivity contribution in [1.29, 1.82) is 0 Å². The zero-order valence-corrected chi connectivity index (χ0v) is 42.8. The van der Waals surface area contributed by atoms with Gasteiger partial charge in [-0.1, -0.05) is 123 Å². The minimum absolute atomic E-state index is 0. The summed E-state index contributed by atoms with van der Waals surface area (Å²) in [7, 11) is 0. The van der Waals surface area contributed by atoms with Crippen LogP contribution in [0.3, 0.4) is 0 Å². The predicted octanol–water partition coefficient (Wildman–Crippen LogP) is 15.3. The van der Waals surface area contributed by atoms with Gasteiger partial charge in [-0.2, -0.15) is 0 Å². The maximum Gasteiger partial charge on any atom is 0 e. The van der Waals surface area contributed by atoms with Gasteiger partial charge in [0.2, 0.25) is 0 Å². The van der Waals surface area contributed by atoms with Gasteiger partial charge in [0.15, 0.2) is 0 Å². The van der Waals surface area contributed by atoms with E-state index >= 15 is 0 Å². The third-order valence-electron chi connectivity index (χ3n) is 11.6. The smallest absolute Gasteiger partial charge is 0 e. The van der Waals surface area contributed by atoms with Gasteiger partial charge in [0, 0.05) is 36.6 Å². The Morgan fingerprint density at radius 2 is 1.34 bits per heavy atom. The normalized spacial score (nSPS) is 12.4. The van der Waals surface area contributed by atoms with Crippen LogP contribution in [0, 0.1) is 18.1 Å². The molecule has 0 spiro atoms. The van der Waals surface area contributed by atoms with Gasteiger partial charge >= 0.3 is 128 Å². The van der Waals surface area contributed by atoms with Crippen LogP contribution >= 0.6 is 0 Å². The molecule has 4 nitrogen and oxygen atoms in total. The first-order valence-corrected chi connectivity index (χ1v) is 29.5. The Kier molecular flexibility index (Phi) is 12.5. The van der Waals surface area contributed by atoms with Gasteiger partial charge < -0.3 is 8.98 Å². The molecule has 0 fully saturated rings. The SMILES string of the molecule is CC(C)(C)c1cc(-c2ccccc2)c(-n2c(-c3[c-]ccc4c3oc3ccccc34)nc3ccccc32)c(-c2ccccc2)c1.[2H]C([2H])(c1cc(-c2[c-]cccc2)nc[c]1[Ge]([CH3])([CH3])[CH3])C(C)C.[Ir]. The average Bonchev–Trinajstić information content (AvgIpc) is 3.90. The molecule has 0 aliphatic carbocycles. The van der Waals surface area contributed by atoms with Crippen molar-refractivity contribution in [2.45, 2.75) is 63.7 Å². The van der Waals surface area contributed by atoms with E-state index in [9.17, 15) is 0 Å². The Balaban J connectivity index is 0.000000224. The van der Waals surface area contributed by atoms with Crippen LogP contribution in [0.1, 0.15) is 48.5 Å². The van der Waals surface area contributed by atoms with E-state index in [1.165, 1.54) is 5.56 Å². The fraction of sp³-hybridized carbons (Fsp3) is 0.186. The molecule has 0 amide bonds. The first-order chi connectivity index (χ1) is 31.6. The van der Waals surface area contributed by atoms with Crippen molar-refractivity contribution in [3.8, 4) is 50.6 Å². The van der Waals surface area contributed by atoms with Crippen LogP contribution in [0.2, 0.25) is 17.3 Å². The van der Waals surface area contributed by atoms with Crippen molar-refractivity contribution in [3.05, 3.63) is 193 Å². The van der Waals surface area contributed by atoms with E-state index in [0.29, 0.717) is 0 Å². The summed E-state index contributed by atoms with van der Waals surface area (Å²) in [5, 5.41) is 2.15. The number of furan rings is 1. The van der Waals surface area contributed by atoms with Crippen molar-refractivity contribution in [1.82, 2.24) is 14.5 Å². The van der Waals surface area contributed by atoms with Crippen molar-refractivity contribution in [3.63, 3.8) is 0 Å². The van der Waals surface area contributed by atoms with Crippen LogP contribution in [0.25, 0.3) is 83.6 Å². The number of rotatable bonds is 8. The van der Waals surface area contributed by atoms with Crippen molar-refractivity contribution < 1.29 is 27.3 Å². The molecule has 7 aromatic carbocycles. The molecule has 1 radical (unpaired) electrons. The predicted molar refractivity (Wildman–Crippen MR) is 272 cm³/mol. The second-order valence-electron chi connectivity index (χ2n) is 18.8. The third kappa shape index (κ3) is 9.47. The molecule has 10 rings (SSSR count). The number of nitrogens with zero attached hydrogens (tertiary/aromatic N) is 3. The quantitative estimate of drug-likeness (QED) is 0.112. The van der Waals surface area contributed by atoms with Gasteiger partial charge in [-0.05, 0) is 52.4 Å². The minimum Gasteiger partial charge on any atom is 0 e. The Morgan fingerprint density at radius 3 is 1.97 bits per heavy atom. The molecule has 65 heavy (non-hydrogen) atoms. The molecule has 0 saturated heterocycles. The van der Waals surface area contributed by atoms with Gasteiger partial charge in [-0.25, -0.2) is 0 Å². The summed E-state index contributed by atoms with van der Waals surface area (Å²) in [4.78, 5) is 9.89.